The Kier molecular flexibility index (Phi) is 18.3. The topological polar surface area (TPSA) is 105 Å². The predicted octanol–water partition coefficient (Wildman–Crippen LogP) is 2.18. The second-order valence-electron chi connectivity index (χ2n) is 4.95. The molecule has 0 aromatic rings. The Hall–Kier alpha value is -2.12. The van der Waals surface area contributed by atoms with E-state index < -0.39 is 0 Å². The number of hydrogen-bond donors (Lipinski definition) is 0. The van der Waals surface area contributed by atoms with Gasteiger partial charge in [0.25, 0.3) is 0 Å². The number of methoxy groups -OCH3 is 2. The number of hydrogen-bond acceptors (Lipinski definition) is 8. The van der Waals surface area contributed by atoms with E-state index in [-0.39, 0.29) is 49.6 Å². The Morgan fingerprint density at radius 2 is 0.960 bits per heavy atom. The third-order valence-corrected chi connectivity index (χ3v) is 2.68. The average molecular weight is 362 g/mol. The van der Waals surface area contributed by atoms with E-state index in [0.717, 1.165) is 12.8 Å². The van der Waals surface area contributed by atoms with Crippen LogP contribution in [-0.2, 0) is 38.1 Å². The van der Waals surface area contributed by atoms with Crippen molar-refractivity contribution in [1.82, 2.24) is 0 Å². The predicted molar refractivity (Wildman–Crippen MR) is 89.6 cm³/mol. The molecule has 0 N–H and O–H groups in total. The lowest BCUT2D eigenvalue weighted by Gasteiger charge is -2.03. The molecular weight excluding hydrogens is 332 g/mol. The summed E-state index contributed by atoms with van der Waals surface area (Å²) in [5.74, 6) is -1.26. The maximum Gasteiger partial charge on any atom is 0.306 e. The van der Waals surface area contributed by atoms with Gasteiger partial charge in [0.1, 0.15) is 0 Å². The molecule has 0 fully saturated rings. The highest BCUT2D eigenvalue weighted by molar-refractivity contribution is 5.77. The van der Waals surface area contributed by atoms with Crippen molar-refractivity contribution in [1.29, 1.82) is 0 Å². The Morgan fingerprint density at radius 3 is 1.24 bits per heavy atom. The van der Waals surface area contributed by atoms with Crippen molar-refractivity contribution in [2.24, 2.45) is 0 Å². The van der Waals surface area contributed by atoms with Crippen molar-refractivity contribution in [2.45, 2.75) is 58.8 Å². The fourth-order valence-electron chi connectivity index (χ4n) is 1.36. The standard InChI is InChI=1S/C10H18O4.C7H12O4/c1-3-7-13-9(11)5-6-10(12)14-8-4-2;1-10-6(8)4-3-5-7(9)11-2/h3-8H2,1-2H3;3-5H2,1-2H3. The van der Waals surface area contributed by atoms with Gasteiger partial charge in [0.15, 0.2) is 0 Å². The monoisotopic (exact) mass is 362 g/mol. The lowest BCUT2D eigenvalue weighted by atomic mass is 10.2. The normalized spacial score (nSPS) is 9.28. The molecule has 0 radical (unpaired) electrons. The molecule has 0 saturated carbocycles. The highest BCUT2D eigenvalue weighted by Crippen LogP contribution is 1.98. The van der Waals surface area contributed by atoms with Crippen LogP contribution in [0.5, 0.6) is 0 Å². The van der Waals surface area contributed by atoms with Crippen molar-refractivity contribution in [3.05, 3.63) is 0 Å². The maximum absolute atomic E-state index is 11.0. The van der Waals surface area contributed by atoms with Gasteiger partial charge >= 0.3 is 23.9 Å². The molecule has 0 heterocycles. The molecule has 0 aromatic heterocycles. The van der Waals surface area contributed by atoms with Gasteiger partial charge in [-0.05, 0) is 19.3 Å². The Labute approximate surface area is 149 Å². The minimum atomic E-state index is -0.333. The summed E-state index contributed by atoms with van der Waals surface area (Å²) < 4.78 is 18.3. The summed E-state index contributed by atoms with van der Waals surface area (Å²) in [6.07, 6.45) is 2.85. The highest BCUT2D eigenvalue weighted by atomic mass is 16.5. The Bertz CT molecular complexity index is 356. The molecule has 0 amide bonds. The summed E-state index contributed by atoms with van der Waals surface area (Å²) in [6, 6.07) is 0. The lowest BCUT2D eigenvalue weighted by Crippen LogP contribution is -2.10. The SMILES string of the molecule is CCCOC(=O)CCC(=O)OCCC.COC(=O)CCCC(=O)OC. The quantitative estimate of drug-likeness (QED) is 0.407. The van der Waals surface area contributed by atoms with Crippen molar-refractivity contribution in [3.63, 3.8) is 0 Å². The number of esters is 4. The van der Waals surface area contributed by atoms with Gasteiger partial charge in [-0.3, -0.25) is 19.2 Å². The molecule has 0 aliphatic heterocycles. The van der Waals surface area contributed by atoms with Crippen molar-refractivity contribution >= 4 is 23.9 Å². The van der Waals surface area contributed by atoms with Crippen LogP contribution < -0.4 is 0 Å². The molecule has 0 spiro atoms. The first-order valence-corrected chi connectivity index (χ1v) is 8.36. The summed E-state index contributed by atoms with van der Waals surface area (Å²) in [6.45, 7) is 4.68. The molecule has 0 atom stereocenters. The zero-order valence-corrected chi connectivity index (χ0v) is 15.6. The van der Waals surface area contributed by atoms with E-state index in [1.165, 1.54) is 14.2 Å². The molecule has 0 aliphatic rings. The van der Waals surface area contributed by atoms with E-state index in [2.05, 4.69) is 9.47 Å². The number of carbonyl (C=O) groups excluding carboxylic acids is 4. The molecule has 8 nitrogen and oxygen atoms in total. The number of carbonyl (C=O) groups is 4. The van der Waals surface area contributed by atoms with Crippen molar-refractivity contribution in [2.75, 3.05) is 27.4 Å². The molecule has 25 heavy (non-hydrogen) atoms. The minimum Gasteiger partial charge on any atom is -0.469 e. The fraction of sp³-hybridized carbons (Fsp3) is 0.765. The summed E-state index contributed by atoms with van der Waals surface area (Å²) in [7, 11) is 2.64. The van der Waals surface area contributed by atoms with Crippen LogP contribution >= 0.6 is 0 Å². The smallest absolute Gasteiger partial charge is 0.306 e. The highest BCUT2D eigenvalue weighted by Gasteiger charge is 2.08. The third-order valence-electron chi connectivity index (χ3n) is 2.68. The van der Waals surface area contributed by atoms with Gasteiger partial charge < -0.3 is 18.9 Å². The van der Waals surface area contributed by atoms with Crippen LogP contribution in [0, 0.1) is 0 Å². The molecule has 0 saturated heterocycles. The molecule has 0 bridgehead atoms. The first-order chi connectivity index (χ1) is 11.9. The van der Waals surface area contributed by atoms with Crippen LogP contribution in [0.1, 0.15) is 58.8 Å². The second kappa shape index (κ2) is 18.2. The largest absolute Gasteiger partial charge is 0.469 e. The van der Waals surface area contributed by atoms with Crippen molar-refractivity contribution < 1.29 is 38.1 Å². The Balaban J connectivity index is 0. The van der Waals surface area contributed by atoms with Crippen LogP contribution in [0.3, 0.4) is 0 Å². The van der Waals surface area contributed by atoms with E-state index >= 15 is 0 Å². The zero-order chi connectivity index (χ0) is 19.5. The van der Waals surface area contributed by atoms with Crippen LogP contribution in [0.4, 0.5) is 0 Å². The molecule has 0 unspecified atom stereocenters. The second-order valence-corrected chi connectivity index (χ2v) is 4.95. The Morgan fingerprint density at radius 1 is 0.600 bits per heavy atom. The van der Waals surface area contributed by atoms with Crippen LogP contribution in [0.2, 0.25) is 0 Å². The molecule has 146 valence electrons. The van der Waals surface area contributed by atoms with Gasteiger partial charge in [-0.1, -0.05) is 13.8 Å². The number of ether oxygens (including phenoxy) is 4. The molecule has 0 aliphatic carbocycles. The first-order valence-electron chi connectivity index (χ1n) is 8.36. The van der Waals surface area contributed by atoms with E-state index in [9.17, 15) is 19.2 Å². The van der Waals surface area contributed by atoms with E-state index in [4.69, 9.17) is 9.47 Å². The maximum atomic E-state index is 11.0. The van der Waals surface area contributed by atoms with Gasteiger partial charge in [0.05, 0.1) is 40.3 Å². The number of rotatable bonds is 11. The summed E-state index contributed by atoms with van der Waals surface area (Å²) in [5.41, 5.74) is 0. The summed E-state index contributed by atoms with van der Waals surface area (Å²) in [5, 5.41) is 0. The fourth-order valence-corrected chi connectivity index (χ4v) is 1.36. The molecular formula is C17H30O8. The van der Waals surface area contributed by atoms with Crippen molar-refractivity contribution in [3.8, 4) is 0 Å². The molecule has 0 rings (SSSR count). The summed E-state index contributed by atoms with van der Waals surface area (Å²) in [4.78, 5) is 42.9. The average Bonchev–Trinajstić information content (AvgIpc) is 2.62. The molecule has 8 heteroatoms. The van der Waals surface area contributed by atoms with Crippen LogP contribution in [-0.4, -0.2) is 51.3 Å². The third kappa shape index (κ3) is 19.8. The minimum absolute atomic E-state index is 0.114. The van der Waals surface area contributed by atoms with E-state index in [1.54, 1.807) is 0 Å². The van der Waals surface area contributed by atoms with Crippen LogP contribution in [0.25, 0.3) is 0 Å². The van der Waals surface area contributed by atoms with E-state index in [0.29, 0.717) is 19.6 Å². The summed E-state index contributed by atoms with van der Waals surface area (Å²) >= 11 is 0. The lowest BCUT2D eigenvalue weighted by molar-refractivity contribution is -0.150. The van der Waals surface area contributed by atoms with Gasteiger partial charge in [0, 0.05) is 12.8 Å². The van der Waals surface area contributed by atoms with Crippen LogP contribution in [0.15, 0.2) is 0 Å². The van der Waals surface area contributed by atoms with Gasteiger partial charge in [-0.25, -0.2) is 0 Å². The van der Waals surface area contributed by atoms with Gasteiger partial charge in [-0.2, -0.15) is 0 Å². The van der Waals surface area contributed by atoms with E-state index in [1.807, 2.05) is 13.8 Å². The molecule has 0 aromatic carbocycles. The first kappa shape index (κ1) is 25.1. The zero-order valence-electron chi connectivity index (χ0n) is 15.6. The van der Waals surface area contributed by atoms with Gasteiger partial charge in [-0.15, -0.1) is 0 Å². The van der Waals surface area contributed by atoms with Gasteiger partial charge in [0.2, 0.25) is 0 Å².